The van der Waals surface area contributed by atoms with Crippen molar-refractivity contribution < 1.29 is 4.79 Å². The van der Waals surface area contributed by atoms with Gasteiger partial charge in [-0.25, -0.2) is 0 Å². The summed E-state index contributed by atoms with van der Waals surface area (Å²) in [5.74, 6) is 0.0573. The van der Waals surface area contributed by atoms with E-state index in [0.717, 1.165) is 24.2 Å². The van der Waals surface area contributed by atoms with Gasteiger partial charge in [-0.2, -0.15) is 0 Å². The molecule has 0 bridgehead atoms. The molecule has 0 radical (unpaired) electrons. The molecule has 1 N–H and O–H groups in total. The maximum Gasteiger partial charge on any atom is 0.227 e. The van der Waals surface area contributed by atoms with Crippen molar-refractivity contribution in [3.63, 3.8) is 0 Å². The summed E-state index contributed by atoms with van der Waals surface area (Å²) < 4.78 is 0. The number of hydrogen-bond donors (Lipinski definition) is 1. The van der Waals surface area contributed by atoms with Gasteiger partial charge in [-0.3, -0.25) is 14.8 Å². The number of nitrogens with one attached hydrogen (secondary N) is 1. The number of nitrogens with zero attached hydrogens (tertiary/aromatic N) is 2. The lowest BCUT2D eigenvalue weighted by atomic mass is 10.0. The van der Waals surface area contributed by atoms with E-state index in [-0.39, 0.29) is 11.8 Å². The molecule has 1 aromatic heterocycles. The minimum atomic E-state index is -0.0235. The summed E-state index contributed by atoms with van der Waals surface area (Å²) in [7, 11) is 0. The van der Waals surface area contributed by atoms with Crippen LogP contribution in [-0.2, 0) is 17.8 Å². The molecule has 4 nitrogen and oxygen atoms in total. The van der Waals surface area contributed by atoms with Crippen molar-refractivity contribution >= 4 is 5.91 Å². The molecule has 1 aliphatic rings. The molecule has 20 heavy (non-hydrogen) atoms. The number of aryl methyl sites for hydroxylation is 2. The van der Waals surface area contributed by atoms with E-state index < -0.39 is 0 Å². The van der Waals surface area contributed by atoms with Crippen molar-refractivity contribution in [1.82, 2.24) is 15.3 Å². The number of amides is 1. The number of benzene rings is 1. The standard InChI is InChI=1S/C16H17N3O/c1-11-8-18-13(9-17-11)10-19-16(20)15-7-6-12-4-2-3-5-14(12)15/h2-5,8-9,15H,6-7,10H2,1H3,(H,19,20)/t15-/m0/s1. The first-order chi connectivity index (χ1) is 9.74. The number of rotatable bonds is 3. The minimum Gasteiger partial charge on any atom is -0.350 e. The van der Waals surface area contributed by atoms with Gasteiger partial charge in [0.05, 0.1) is 30.0 Å². The topological polar surface area (TPSA) is 54.9 Å². The quantitative estimate of drug-likeness (QED) is 0.927. The van der Waals surface area contributed by atoms with E-state index in [9.17, 15) is 4.79 Å². The highest BCUT2D eigenvalue weighted by Crippen LogP contribution is 2.32. The Balaban J connectivity index is 1.65. The lowest BCUT2D eigenvalue weighted by Crippen LogP contribution is -2.28. The zero-order valence-corrected chi connectivity index (χ0v) is 11.5. The predicted molar refractivity (Wildman–Crippen MR) is 76.1 cm³/mol. The fourth-order valence-corrected chi connectivity index (χ4v) is 2.64. The monoisotopic (exact) mass is 267 g/mol. The van der Waals surface area contributed by atoms with Crippen LogP contribution in [0.5, 0.6) is 0 Å². The van der Waals surface area contributed by atoms with Crippen molar-refractivity contribution in [1.29, 1.82) is 0 Å². The van der Waals surface area contributed by atoms with Crippen LogP contribution in [0.2, 0.25) is 0 Å². The van der Waals surface area contributed by atoms with Crippen LogP contribution in [-0.4, -0.2) is 15.9 Å². The summed E-state index contributed by atoms with van der Waals surface area (Å²) in [6.07, 6.45) is 5.30. The first-order valence-corrected chi connectivity index (χ1v) is 6.87. The van der Waals surface area contributed by atoms with Crippen LogP contribution in [0.15, 0.2) is 36.7 Å². The molecule has 1 aromatic carbocycles. The van der Waals surface area contributed by atoms with E-state index in [4.69, 9.17) is 0 Å². The van der Waals surface area contributed by atoms with Gasteiger partial charge >= 0.3 is 0 Å². The highest BCUT2D eigenvalue weighted by molar-refractivity contribution is 5.84. The summed E-state index contributed by atoms with van der Waals surface area (Å²) in [5, 5.41) is 2.96. The normalized spacial score (nSPS) is 16.8. The molecule has 3 rings (SSSR count). The molecule has 102 valence electrons. The SMILES string of the molecule is Cc1cnc(CNC(=O)[C@H]2CCc3ccccc32)cn1. The zero-order valence-electron chi connectivity index (χ0n) is 11.5. The number of hydrogen-bond acceptors (Lipinski definition) is 3. The van der Waals surface area contributed by atoms with Crippen LogP contribution in [0, 0.1) is 6.92 Å². The molecule has 1 atom stereocenters. The molecule has 0 spiro atoms. The second-order valence-electron chi connectivity index (χ2n) is 5.16. The van der Waals surface area contributed by atoms with Gasteiger partial charge in [0.2, 0.25) is 5.91 Å². The molecular formula is C16H17N3O. The van der Waals surface area contributed by atoms with E-state index in [1.54, 1.807) is 12.4 Å². The Morgan fingerprint density at radius 2 is 2.15 bits per heavy atom. The number of fused-ring (bicyclic) bond motifs is 1. The Morgan fingerprint density at radius 1 is 1.30 bits per heavy atom. The van der Waals surface area contributed by atoms with E-state index in [1.807, 2.05) is 19.1 Å². The molecule has 0 fully saturated rings. The van der Waals surface area contributed by atoms with Crippen LogP contribution in [0.25, 0.3) is 0 Å². The maximum absolute atomic E-state index is 12.3. The number of carbonyl (C=O) groups excluding carboxylic acids is 1. The number of aromatic nitrogens is 2. The third-order valence-electron chi connectivity index (χ3n) is 3.73. The van der Waals surface area contributed by atoms with Gasteiger partial charge in [0.1, 0.15) is 0 Å². The van der Waals surface area contributed by atoms with Gasteiger partial charge in [-0.1, -0.05) is 24.3 Å². The highest BCUT2D eigenvalue weighted by atomic mass is 16.1. The van der Waals surface area contributed by atoms with E-state index in [2.05, 4.69) is 27.4 Å². The fraction of sp³-hybridized carbons (Fsp3) is 0.312. The van der Waals surface area contributed by atoms with Gasteiger partial charge in [0, 0.05) is 6.20 Å². The third kappa shape index (κ3) is 2.54. The van der Waals surface area contributed by atoms with Crippen LogP contribution in [0.1, 0.15) is 34.9 Å². The van der Waals surface area contributed by atoms with Gasteiger partial charge in [-0.15, -0.1) is 0 Å². The lowest BCUT2D eigenvalue weighted by Gasteiger charge is -2.12. The van der Waals surface area contributed by atoms with Crippen molar-refractivity contribution in [3.8, 4) is 0 Å². The predicted octanol–water partition coefficient (Wildman–Crippen LogP) is 2.13. The molecular weight excluding hydrogens is 250 g/mol. The Morgan fingerprint density at radius 3 is 2.95 bits per heavy atom. The molecule has 4 heteroatoms. The molecule has 1 aliphatic carbocycles. The Hall–Kier alpha value is -2.23. The smallest absolute Gasteiger partial charge is 0.227 e. The molecule has 2 aromatic rings. The summed E-state index contributed by atoms with van der Waals surface area (Å²) in [4.78, 5) is 20.7. The third-order valence-corrected chi connectivity index (χ3v) is 3.73. The van der Waals surface area contributed by atoms with Crippen molar-refractivity contribution in [2.75, 3.05) is 0 Å². The first kappa shape index (κ1) is 12.8. The molecule has 1 heterocycles. The van der Waals surface area contributed by atoms with Crippen LogP contribution >= 0.6 is 0 Å². The molecule has 0 saturated heterocycles. The van der Waals surface area contributed by atoms with Gasteiger partial charge in [-0.05, 0) is 30.9 Å². The Bertz CT molecular complexity index is 622. The minimum absolute atomic E-state index is 0.0235. The van der Waals surface area contributed by atoms with Gasteiger partial charge in [0.15, 0.2) is 0 Å². The first-order valence-electron chi connectivity index (χ1n) is 6.87. The Labute approximate surface area is 118 Å². The second-order valence-corrected chi connectivity index (χ2v) is 5.16. The van der Waals surface area contributed by atoms with E-state index in [1.165, 1.54) is 11.1 Å². The Kier molecular flexibility index (Phi) is 3.46. The largest absolute Gasteiger partial charge is 0.350 e. The fourth-order valence-electron chi connectivity index (χ4n) is 2.64. The molecule has 0 saturated carbocycles. The van der Waals surface area contributed by atoms with Crippen molar-refractivity contribution in [3.05, 3.63) is 59.2 Å². The second kappa shape index (κ2) is 5.41. The zero-order chi connectivity index (χ0) is 13.9. The van der Waals surface area contributed by atoms with Crippen molar-refractivity contribution in [2.24, 2.45) is 0 Å². The molecule has 1 amide bonds. The highest BCUT2D eigenvalue weighted by Gasteiger charge is 2.27. The molecule has 0 aliphatic heterocycles. The van der Waals surface area contributed by atoms with Crippen LogP contribution in [0.4, 0.5) is 0 Å². The lowest BCUT2D eigenvalue weighted by molar-refractivity contribution is -0.122. The summed E-state index contributed by atoms with van der Waals surface area (Å²) in [6, 6.07) is 8.18. The number of carbonyl (C=O) groups is 1. The average Bonchev–Trinajstić information content (AvgIpc) is 2.90. The average molecular weight is 267 g/mol. The molecule has 0 unspecified atom stereocenters. The van der Waals surface area contributed by atoms with E-state index >= 15 is 0 Å². The van der Waals surface area contributed by atoms with Crippen LogP contribution in [0.3, 0.4) is 0 Å². The van der Waals surface area contributed by atoms with Crippen molar-refractivity contribution in [2.45, 2.75) is 32.2 Å². The summed E-state index contributed by atoms with van der Waals surface area (Å²) in [5.41, 5.74) is 4.13. The summed E-state index contributed by atoms with van der Waals surface area (Å²) >= 11 is 0. The van der Waals surface area contributed by atoms with Gasteiger partial charge in [0.25, 0.3) is 0 Å². The van der Waals surface area contributed by atoms with Gasteiger partial charge < -0.3 is 5.32 Å². The van der Waals surface area contributed by atoms with E-state index in [0.29, 0.717) is 6.54 Å². The maximum atomic E-state index is 12.3. The van der Waals surface area contributed by atoms with Crippen LogP contribution < -0.4 is 5.32 Å². The summed E-state index contributed by atoms with van der Waals surface area (Å²) in [6.45, 7) is 2.33.